The molecule has 3 heterocycles. The van der Waals surface area contributed by atoms with Gasteiger partial charge in [0.15, 0.2) is 17.0 Å². The van der Waals surface area contributed by atoms with Crippen molar-refractivity contribution in [1.82, 2.24) is 25.0 Å². The van der Waals surface area contributed by atoms with Gasteiger partial charge in [-0.3, -0.25) is 0 Å². The fourth-order valence-corrected chi connectivity index (χ4v) is 2.72. The maximum absolute atomic E-state index is 5.90. The number of hydrogen-bond donors (Lipinski definition) is 1. The second-order valence-corrected chi connectivity index (χ2v) is 5.41. The Morgan fingerprint density at radius 3 is 2.65 bits per heavy atom. The van der Waals surface area contributed by atoms with E-state index in [1.54, 1.807) is 4.68 Å². The number of nitrogens with zero attached hydrogens (tertiary/aromatic N) is 6. The van der Waals surface area contributed by atoms with Crippen LogP contribution in [0, 0.1) is 0 Å². The SMILES string of the molecule is Nc1nc(N2CCOCC2)c2nnn(Cc3ccccc3)c2n1. The number of nitrogens with two attached hydrogens (primary N) is 1. The van der Waals surface area contributed by atoms with Crippen molar-refractivity contribution in [3.8, 4) is 0 Å². The van der Waals surface area contributed by atoms with Gasteiger partial charge >= 0.3 is 0 Å². The van der Waals surface area contributed by atoms with E-state index < -0.39 is 0 Å². The first-order valence-electron chi connectivity index (χ1n) is 7.54. The van der Waals surface area contributed by atoms with E-state index in [2.05, 4.69) is 25.2 Å². The number of rotatable bonds is 3. The summed E-state index contributed by atoms with van der Waals surface area (Å²) in [7, 11) is 0. The van der Waals surface area contributed by atoms with Crippen molar-refractivity contribution in [1.29, 1.82) is 0 Å². The standard InChI is InChI=1S/C15H17N7O/c16-15-17-13(21-6-8-23-9-7-21)12-14(18-15)22(20-19-12)10-11-4-2-1-3-5-11/h1-5H,6-10H2,(H2,16,17,18). The lowest BCUT2D eigenvalue weighted by Crippen LogP contribution is -2.37. The topological polar surface area (TPSA) is 95.0 Å². The number of hydrogen-bond acceptors (Lipinski definition) is 7. The van der Waals surface area contributed by atoms with Crippen LogP contribution in [-0.4, -0.2) is 51.3 Å². The van der Waals surface area contributed by atoms with E-state index in [1.807, 2.05) is 30.3 Å². The summed E-state index contributed by atoms with van der Waals surface area (Å²) in [6.07, 6.45) is 0. The summed E-state index contributed by atoms with van der Waals surface area (Å²) in [5, 5.41) is 8.52. The molecule has 0 spiro atoms. The summed E-state index contributed by atoms with van der Waals surface area (Å²) in [4.78, 5) is 10.8. The quantitative estimate of drug-likeness (QED) is 0.760. The molecule has 3 aromatic rings. The van der Waals surface area contributed by atoms with Gasteiger partial charge in [-0.1, -0.05) is 35.5 Å². The maximum atomic E-state index is 5.90. The number of fused-ring (bicyclic) bond motifs is 1. The molecule has 1 fully saturated rings. The average molecular weight is 311 g/mol. The molecular weight excluding hydrogens is 294 g/mol. The Morgan fingerprint density at radius 1 is 1.09 bits per heavy atom. The molecule has 23 heavy (non-hydrogen) atoms. The van der Waals surface area contributed by atoms with Crippen LogP contribution >= 0.6 is 0 Å². The molecule has 8 nitrogen and oxygen atoms in total. The smallest absolute Gasteiger partial charge is 0.224 e. The summed E-state index contributed by atoms with van der Waals surface area (Å²) in [5.74, 6) is 0.964. The van der Waals surface area contributed by atoms with Crippen LogP contribution in [0.4, 0.5) is 11.8 Å². The van der Waals surface area contributed by atoms with Gasteiger partial charge < -0.3 is 15.4 Å². The summed E-state index contributed by atoms with van der Waals surface area (Å²) < 4.78 is 7.15. The van der Waals surface area contributed by atoms with Gasteiger partial charge in [0.1, 0.15) is 0 Å². The Hall–Kier alpha value is -2.74. The highest BCUT2D eigenvalue weighted by Crippen LogP contribution is 2.23. The van der Waals surface area contributed by atoms with Gasteiger partial charge in [-0.15, -0.1) is 5.10 Å². The molecule has 1 saturated heterocycles. The Labute approximate surface area is 132 Å². The molecule has 2 aromatic heterocycles. The van der Waals surface area contributed by atoms with Gasteiger partial charge in [0, 0.05) is 13.1 Å². The van der Waals surface area contributed by atoms with E-state index in [0.717, 1.165) is 24.5 Å². The van der Waals surface area contributed by atoms with Crippen LogP contribution < -0.4 is 10.6 Å². The van der Waals surface area contributed by atoms with Crippen molar-refractivity contribution in [3.63, 3.8) is 0 Å². The molecule has 0 saturated carbocycles. The average Bonchev–Trinajstić information content (AvgIpc) is 2.99. The number of morpholine rings is 1. The Morgan fingerprint density at radius 2 is 1.87 bits per heavy atom. The predicted molar refractivity (Wildman–Crippen MR) is 86.1 cm³/mol. The highest BCUT2D eigenvalue weighted by atomic mass is 16.5. The summed E-state index contributed by atoms with van der Waals surface area (Å²) in [6.45, 7) is 3.46. The molecule has 1 aliphatic heterocycles. The third-order valence-corrected chi connectivity index (χ3v) is 3.85. The molecule has 1 aliphatic rings. The van der Waals surface area contributed by atoms with Gasteiger partial charge in [0.25, 0.3) is 0 Å². The molecule has 0 unspecified atom stereocenters. The first-order valence-corrected chi connectivity index (χ1v) is 7.54. The van der Waals surface area contributed by atoms with Crippen molar-refractivity contribution in [3.05, 3.63) is 35.9 Å². The Balaban J connectivity index is 1.75. The van der Waals surface area contributed by atoms with E-state index in [1.165, 1.54) is 0 Å². The molecule has 118 valence electrons. The van der Waals surface area contributed by atoms with Gasteiger partial charge in [-0.25, -0.2) is 4.68 Å². The number of benzene rings is 1. The van der Waals surface area contributed by atoms with Gasteiger partial charge in [-0.2, -0.15) is 9.97 Å². The molecule has 1 aromatic carbocycles. The number of anilines is 2. The summed E-state index contributed by atoms with van der Waals surface area (Å²) in [6, 6.07) is 10.1. The van der Waals surface area contributed by atoms with Crippen LogP contribution in [0.15, 0.2) is 30.3 Å². The Bertz CT molecular complexity index is 811. The molecule has 0 atom stereocenters. The second kappa shape index (κ2) is 5.81. The van der Waals surface area contributed by atoms with Crippen molar-refractivity contribution >= 4 is 22.9 Å². The van der Waals surface area contributed by atoms with Crippen LogP contribution in [-0.2, 0) is 11.3 Å². The molecule has 4 rings (SSSR count). The van der Waals surface area contributed by atoms with E-state index in [4.69, 9.17) is 10.5 Å². The second-order valence-electron chi connectivity index (χ2n) is 5.41. The zero-order chi connectivity index (χ0) is 15.6. The van der Waals surface area contributed by atoms with Crippen LogP contribution in [0.25, 0.3) is 11.2 Å². The number of ether oxygens (including phenoxy) is 1. The minimum Gasteiger partial charge on any atom is -0.378 e. The van der Waals surface area contributed by atoms with E-state index in [9.17, 15) is 0 Å². The lowest BCUT2D eigenvalue weighted by Gasteiger charge is -2.27. The number of nitrogen functional groups attached to an aromatic ring is 1. The van der Waals surface area contributed by atoms with E-state index >= 15 is 0 Å². The molecule has 8 heteroatoms. The molecule has 0 bridgehead atoms. The zero-order valence-electron chi connectivity index (χ0n) is 12.6. The molecule has 2 N–H and O–H groups in total. The first kappa shape index (κ1) is 13.9. The first-order chi connectivity index (χ1) is 11.3. The zero-order valence-corrected chi connectivity index (χ0v) is 12.6. The van der Waals surface area contributed by atoms with Crippen molar-refractivity contribution in [2.75, 3.05) is 36.9 Å². The molecule has 0 aliphatic carbocycles. The maximum Gasteiger partial charge on any atom is 0.224 e. The lowest BCUT2D eigenvalue weighted by molar-refractivity contribution is 0.122. The third-order valence-electron chi connectivity index (χ3n) is 3.85. The fourth-order valence-electron chi connectivity index (χ4n) is 2.72. The van der Waals surface area contributed by atoms with E-state index in [0.29, 0.717) is 30.9 Å². The molecule has 0 amide bonds. The van der Waals surface area contributed by atoms with Crippen molar-refractivity contribution in [2.24, 2.45) is 0 Å². The van der Waals surface area contributed by atoms with Crippen molar-refractivity contribution in [2.45, 2.75) is 6.54 Å². The monoisotopic (exact) mass is 311 g/mol. The highest BCUT2D eigenvalue weighted by Gasteiger charge is 2.20. The fraction of sp³-hybridized carbons (Fsp3) is 0.333. The minimum atomic E-state index is 0.232. The lowest BCUT2D eigenvalue weighted by atomic mass is 10.2. The van der Waals surface area contributed by atoms with Gasteiger partial charge in [0.2, 0.25) is 5.95 Å². The molecular formula is C15H17N7O. The largest absolute Gasteiger partial charge is 0.378 e. The summed E-state index contributed by atoms with van der Waals surface area (Å²) in [5.41, 5.74) is 8.37. The normalized spacial score (nSPS) is 15.2. The van der Waals surface area contributed by atoms with Crippen LogP contribution in [0.5, 0.6) is 0 Å². The van der Waals surface area contributed by atoms with Crippen LogP contribution in [0.1, 0.15) is 5.56 Å². The summed E-state index contributed by atoms with van der Waals surface area (Å²) >= 11 is 0. The highest BCUT2D eigenvalue weighted by molar-refractivity contribution is 5.84. The van der Waals surface area contributed by atoms with Gasteiger partial charge in [-0.05, 0) is 5.56 Å². The van der Waals surface area contributed by atoms with E-state index in [-0.39, 0.29) is 5.95 Å². The molecule has 0 radical (unpaired) electrons. The van der Waals surface area contributed by atoms with Gasteiger partial charge in [0.05, 0.1) is 19.8 Å². The van der Waals surface area contributed by atoms with Crippen LogP contribution in [0.3, 0.4) is 0 Å². The number of aromatic nitrogens is 5. The third kappa shape index (κ3) is 2.68. The predicted octanol–water partition coefficient (Wildman–Crippen LogP) is 0.688. The van der Waals surface area contributed by atoms with Crippen LogP contribution in [0.2, 0.25) is 0 Å². The van der Waals surface area contributed by atoms with Crippen molar-refractivity contribution < 1.29 is 4.74 Å². The minimum absolute atomic E-state index is 0.232. The Kier molecular flexibility index (Phi) is 3.51.